The molecule has 0 fully saturated rings. The number of aromatic carboxylic acids is 2. The number of hydrogen-bond donors (Lipinski definition) is 0. The first-order chi connectivity index (χ1) is 12.7. The monoisotopic (exact) mass is 462 g/mol. The molecule has 0 heterocycles. The van der Waals surface area contributed by atoms with Crippen molar-refractivity contribution in [3.63, 3.8) is 0 Å². The van der Waals surface area contributed by atoms with Gasteiger partial charge in [-0.25, -0.2) is 43.9 Å². The topological polar surface area (TPSA) is 80.3 Å². The molecule has 0 amide bonds. The van der Waals surface area contributed by atoms with Crippen LogP contribution in [-0.4, -0.2) is 49.7 Å². The van der Waals surface area contributed by atoms with Gasteiger partial charge in [0.25, 0.3) is 0 Å². The molecule has 29 heavy (non-hydrogen) atoms. The molecule has 2 rings (SSSR count). The van der Waals surface area contributed by atoms with E-state index in [0.717, 1.165) is 0 Å². The third-order valence-corrected chi connectivity index (χ3v) is 2.83. The first kappa shape index (κ1) is 26.9. The van der Waals surface area contributed by atoms with Crippen LogP contribution in [0.3, 0.4) is 0 Å². The quantitative estimate of drug-likeness (QED) is 0.290. The molecule has 2 aromatic rings. The molecule has 0 atom stereocenters. The standard InChI is InChI=1S/2C7HF5O2.Ca/c2*8-2-1(7(13)14)3(9)5(11)6(12)4(2)10;/h2*(H,13,14);/q;;+2/p-2. The molecule has 0 aliphatic heterocycles. The Labute approximate surface area is 182 Å². The molecule has 0 aromatic heterocycles. The predicted octanol–water partition coefficient (Wildman–Crippen LogP) is 1.11. The second kappa shape index (κ2) is 10.1. The summed E-state index contributed by atoms with van der Waals surface area (Å²) in [5.41, 5.74) is -3.94. The molecule has 0 unspecified atom stereocenters. The summed E-state index contributed by atoms with van der Waals surface area (Å²) in [6, 6.07) is 0. The molecule has 15 heteroatoms. The summed E-state index contributed by atoms with van der Waals surface area (Å²) >= 11 is 0. The number of rotatable bonds is 2. The number of benzene rings is 2. The van der Waals surface area contributed by atoms with Crippen LogP contribution >= 0.6 is 0 Å². The van der Waals surface area contributed by atoms with Crippen molar-refractivity contribution >= 4 is 49.7 Å². The third-order valence-electron chi connectivity index (χ3n) is 2.83. The molecular weight excluding hydrogens is 462 g/mol. The Kier molecular flexibility index (Phi) is 9.40. The van der Waals surface area contributed by atoms with Gasteiger partial charge in [-0.05, 0) is 0 Å². The van der Waals surface area contributed by atoms with Gasteiger partial charge in [-0.15, -0.1) is 0 Å². The van der Waals surface area contributed by atoms with Crippen LogP contribution in [0.5, 0.6) is 0 Å². The molecule has 0 radical (unpaired) electrons. The molecular formula is C14CaF10O4. The van der Waals surface area contributed by atoms with Gasteiger partial charge in [0.15, 0.2) is 46.5 Å². The van der Waals surface area contributed by atoms with Gasteiger partial charge < -0.3 is 19.8 Å². The van der Waals surface area contributed by atoms with Crippen LogP contribution in [0.1, 0.15) is 20.7 Å². The fraction of sp³-hybridized carbons (Fsp3) is 0. The first-order valence-electron chi connectivity index (χ1n) is 6.21. The van der Waals surface area contributed by atoms with E-state index in [1.165, 1.54) is 0 Å². The van der Waals surface area contributed by atoms with E-state index in [1.807, 2.05) is 0 Å². The van der Waals surface area contributed by atoms with E-state index in [9.17, 15) is 63.7 Å². The molecule has 0 aliphatic rings. The zero-order valence-corrected chi connectivity index (χ0v) is 15.3. The van der Waals surface area contributed by atoms with Crippen molar-refractivity contribution in [2.24, 2.45) is 0 Å². The molecule has 0 spiro atoms. The van der Waals surface area contributed by atoms with Gasteiger partial charge in [0.1, 0.15) is 0 Å². The van der Waals surface area contributed by atoms with E-state index in [1.54, 1.807) is 0 Å². The van der Waals surface area contributed by atoms with E-state index >= 15 is 0 Å². The maximum atomic E-state index is 12.5. The van der Waals surface area contributed by atoms with Gasteiger partial charge in [-0.1, -0.05) is 0 Å². The van der Waals surface area contributed by atoms with E-state index in [2.05, 4.69) is 0 Å². The Morgan fingerprint density at radius 3 is 0.690 bits per heavy atom. The zero-order chi connectivity index (χ0) is 22.1. The summed E-state index contributed by atoms with van der Waals surface area (Å²) in [6.45, 7) is 0. The van der Waals surface area contributed by atoms with Crippen LogP contribution in [0, 0.1) is 58.2 Å². The minimum atomic E-state index is -2.47. The molecule has 2 aromatic carbocycles. The first-order valence-corrected chi connectivity index (χ1v) is 6.21. The van der Waals surface area contributed by atoms with Gasteiger partial charge in [-0.2, -0.15) is 0 Å². The molecule has 152 valence electrons. The van der Waals surface area contributed by atoms with Crippen molar-refractivity contribution in [3.05, 3.63) is 69.3 Å². The summed E-state index contributed by atoms with van der Waals surface area (Å²) in [4.78, 5) is 20.0. The number of carbonyl (C=O) groups excluding carboxylic acids is 2. The van der Waals surface area contributed by atoms with E-state index in [-0.39, 0.29) is 37.7 Å². The second-order valence-electron chi connectivity index (χ2n) is 4.46. The fourth-order valence-electron chi connectivity index (χ4n) is 1.57. The third kappa shape index (κ3) is 5.11. The Bertz CT molecular complexity index is 858. The van der Waals surface area contributed by atoms with Gasteiger partial charge in [-0.3, -0.25) is 0 Å². The molecule has 0 saturated heterocycles. The number of halogens is 10. The van der Waals surface area contributed by atoms with E-state index < -0.39 is 81.2 Å². The number of carbonyl (C=O) groups is 2. The molecule has 0 aliphatic carbocycles. The second-order valence-corrected chi connectivity index (χ2v) is 4.46. The van der Waals surface area contributed by atoms with E-state index in [0.29, 0.717) is 0 Å². The summed E-state index contributed by atoms with van der Waals surface area (Å²) in [5.74, 6) is -28.7. The molecule has 0 bridgehead atoms. The zero-order valence-electron chi connectivity index (χ0n) is 13.1. The summed E-state index contributed by atoms with van der Waals surface area (Å²) in [6.07, 6.45) is 0. The van der Waals surface area contributed by atoms with Crippen molar-refractivity contribution in [2.45, 2.75) is 0 Å². The van der Waals surface area contributed by atoms with Crippen LogP contribution in [0.15, 0.2) is 0 Å². The fourth-order valence-corrected chi connectivity index (χ4v) is 1.57. The normalized spacial score (nSPS) is 10.0. The Morgan fingerprint density at radius 1 is 0.414 bits per heavy atom. The average molecular weight is 462 g/mol. The smallest absolute Gasteiger partial charge is 0.545 e. The van der Waals surface area contributed by atoms with Crippen LogP contribution in [0.25, 0.3) is 0 Å². The number of carboxylic acid groups (broad SMARTS) is 2. The Hall–Kier alpha value is -2.06. The number of hydrogen-bond acceptors (Lipinski definition) is 4. The van der Waals surface area contributed by atoms with Gasteiger partial charge in [0.2, 0.25) is 11.6 Å². The maximum Gasteiger partial charge on any atom is 2.00 e. The van der Waals surface area contributed by atoms with Crippen LogP contribution in [0.4, 0.5) is 43.9 Å². The summed E-state index contributed by atoms with van der Waals surface area (Å²) in [5, 5.41) is 20.0. The Balaban J connectivity index is 0.000000523. The molecule has 0 saturated carbocycles. The van der Waals surface area contributed by atoms with Crippen molar-refractivity contribution in [3.8, 4) is 0 Å². The largest absolute Gasteiger partial charge is 2.00 e. The van der Waals surface area contributed by atoms with Crippen LogP contribution in [-0.2, 0) is 0 Å². The van der Waals surface area contributed by atoms with Crippen molar-refractivity contribution in [1.82, 2.24) is 0 Å². The van der Waals surface area contributed by atoms with E-state index in [4.69, 9.17) is 0 Å². The average Bonchev–Trinajstić information content (AvgIpc) is 2.61. The van der Waals surface area contributed by atoms with Crippen molar-refractivity contribution < 1.29 is 63.7 Å². The minimum Gasteiger partial charge on any atom is -0.545 e. The minimum absolute atomic E-state index is 0. The van der Waals surface area contributed by atoms with Crippen LogP contribution < -0.4 is 10.2 Å². The molecule has 4 nitrogen and oxygen atoms in total. The maximum absolute atomic E-state index is 12.5. The number of carboxylic acids is 2. The van der Waals surface area contributed by atoms with Gasteiger partial charge >= 0.3 is 37.7 Å². The summed E-state index contributed by atoms with van der Waals surface area (Å²) in [7, 11) is 0. The van der Waals surface area contributed by atoms with Gasteiger partial charge in [0.05, 0.1) is 23.1 Å². The molecule has 0 N–H and O–H groups in total. The predicted molar refractivity (Wildman–Crippen MR) is 66.9 cm³/mol. The Morgan fingerprint density at radius 2 is 0.552 bits per heavy atom. The van der Waals surface area contributed by atoms with Crippen molar-refractivity contribution in [1.29, 1.82) is 0 Å². The van der Waals surface area contributed by atoms with Crippen molar-refractivity contribution in [2.75, 3.05) is 0 Å². The SMILES string of the molecule is O=C([O-])c1c(F)c(F)c(F)c(F)c1F.O=C([O-])c1c(F)c(F)c(F)c(F)c1F.[Ca+2]. The summed E-state index contributed by atoms with van der Waals surface area (Å²) < 4.78 is 124. The van der Waals surface area contributed by atoms with Gasteiger partial charge in [0, 0.05) is 0 Å². The van der Waals surface area contributed by atoms with Crippen LogP contribution in [0.2, 0.25) is 0 Å².